The van der Waals surface area contributed by atoms with E-state index < -0.39 is 0 Å². The molecule has 0 saturated carbocycles. The van der Waals surface area contributed by atoms with E-state index >= 15 is 0 Å². The summed E-state index contributed by atoms with van der Waals surface area (Å²) in [6, 6.07) is 14.3. The molecule has 0 aliphatic heterocycles. The zero-order valence-corrected chi connectivity index (χ0v) is 8.20. The predicted octanol–water partition coefficient (Wildman–Crippen LogP) is 3.75. The van der Waals surface area contributed by atoms with Crippen molar-refractivity contribution < 1.29 is 0 Å². The standard InChI is InChI=1S/C12H8ClN/c13-10-4-5-12-9(7-10)8-11-3-1-2-6-14(11)12/h1-8H. The van der Waals surface area contributed by atoms with Crippen LogP contribution >= 0.6 is 11.6 Å². The number of nitrogens with zero attached hydrogens (tertiary/aromatic N) is 1. The molecule has 1 aromatic carbocycles. The third-order valence-corrected chi connectivity index (χ3v) is 2.68. The van der Waals surface area contributed by atoms with E-state index in [1.54, 1.807) is 0 Å². The first-order valence-corrected chi connectivity index (χ1v) is 4.88. The third kappa shape index (κ3) is 1.03. The molecule has 0 fully saturated rings. The fraction of sp³-hybridized carbons (Fsp3) is 0. The van der Waals surface area contributed by atoms with Gasteiger partial charge in [0.25, 0.3) is 0 Å². The number of pyridine rings is 1. The van der Waals surface area contributed by atoms with Crippen LogP contribution in [0.15, 0.2) is 48.7 Å². The first-order chi connectivity index (χ1) is 6.84. The minimum absolute atomic E-state index is 0.786. The largest absolute Gasteiger partial charge is 0.317 e. The van der Waals surface area contributed by atoms with Gasteiger partial charge >= 0.3 is 0 Å². The van der Waals surface area contributed by atoms with Crippen molar-refractivity contribution in [2.45, 2.75) is 0 Å². The van der Waals surface area contributed by atoms with Crippen molar-refractivity contribution in [2.75, 3.05) is 0 Å². The second kappa shape index (κ2) is 2.76. The number of fused-ring (bicyclic) bond motifs is 3. The molecule has 2 heteroatoms. The van der Waals surface area contributed by atoms with Gasteiger partial charge in [0.15, 0.2) is 0 Å². The smallest absolute Gasteiger partial charge is 0.0529 e. The fourth-order valence-electron chi connectivity index (χ4n) is 1.81. The molecule has 0 aliphatic carbocycles. The Morgan fingerprint density at radius 2 is 1.93 bits per heavy atom. The molecule has 0 spiro atoms. The van der Waals surface area contributed by atoms with Gasteiger partial charge < -0.3 is 4.40 Å². The summed E-state index contributed by atoms with van der Waals surface area (Å²) in [5, 5.41) is 1.97. The number of rotatable bonds is 0. The van der Waals surface area contributed by atoms with Crippen LogP contribution in [0.5, 0.6) is 0 Å². The predicted molar refractivity (Wildman–Crippen MR) is 59.9 cm³/mol. The van der Waals surface area contributed by atoms with Crippen LogP contribution in [0.3, 0.4) is 0 Å². The molecule has 68 valence electrons. The lowest BCUT2D eigenvalue weighted by molar-refractivity contribution is 1.25. The molecule has 0 radical (unpaired) electrons. The molecule has 0 unspecified atom stereocenters. The summed E-state index contributed by atoms with van der Waals surface area (Å²) in [7, 11) is 0. The summed E-state index contributed by atoms with van der Waals surface area (Å²) in [4.78, 5) is 0. The molecule has 0 bridgehead atoms. The maximum atomic E-state index is 5.94. The van der Waals surface area contributed by atoms with Crippen molar-refractivity contribution in [3.05, 3.63) is 53.7 Å². The molecule has 0 aliphatic rings. The Hall–Kier alpha value is -1.47. The average molecular weight is 202 g/mol. The summed E-state index contributed by atoms with van der Waals surface area (Å²) in [5.41, 5.74) is 2.40. The molecular formula is C12H8ClN. The van der Waals surface area contributed by atoms with Gasteiger partial charge in [-0.25, -0.2) is 0 Å². The Kier molecular flexibility index (Phi) is 1.55. The molecule has 0 saturated heterocycles. The highest BCUT2D eigenvalue weighted by atomic mass is 35.5. The monoisotopic (exact) mass is 201 g/mol. The summed E-state index contributed by atoms with van der Waals surface area (Å²) >= 11 is 5.94. The van der Waals surface area contributed by atoms with Crippen molar-refractivity contribution >= 4 is 28.0 Å². The van der Waals surface area contributed by atoms with E-state index in [4.69, 9.17) is 11.6 Å². The van der Waals surface area contributed by atoms with Crippen LogP contribution in [-0.4, -0.2) is 4.40 Å². The lowest BCUT2D eigenvalue weighted by Gasteiger charge is -1.95. The average Bonchev–Trinajstić information content (AvgIpc) is 2.54. The van der Waals surface area contributed by atoms with E-state index in [0.29, 0.717) is 0 Å². The fourth-order valence-corrected chi connectivity index (χ4v) is 1.99. The van der Waals surface area contributed by atoms with Crippen molar-refractivity contribution in [3.8, 4) is 0 Å². The quantitative estimate of drug-likeness (QED) is 0.522. The Bertz CT molecular complexity index is 610. The first-order valence-electron chi connectivity index (χ1n) is 4.50. The van der Waals surface area contributed by atoms with Crippen LogP contribution in [0.4, 0.5) is 0 Å². The van der Waals surface area contributed by atoms with E-state index in [0.717, 1.165) is 5.02 Å². The van der Waals surface area contributed by atoms with Gasteiger partial charge in [-0.2, -0.15) is 0 Å². The summed E-state index contributed by atoms with van der Waals surface area (Å²) < 4.78 is 2.16. The molecule has 3 rings (SSSR count). The normalized spacial score (nSPS) is 11.2. The first kappa shape index (κ1) is 7.89. The Morgan fingerprint density at radius 3 is 2.86 bits per heavy atom. The van der Waals surface area contributed by atoms with Gasteiger partial charge in [0.2, 0.25) is 0 Å². The zero-order valence-electron chi connectivity index (χ0n) is 7.44. The van der Waals surface area contributed by atoms with Crippen LogP contribution in [-0.2, 0) is 0 Å². The van der Waals surface area contributed by atoms with Crippen LogP contribution in [0, 0.1) is 0 Å². The van der Waals surface area contributed by atoms with Crippen molar-refractivity contribution in [2.24, 2.45) is 0 Å². The van der Waals surface area contributed by atoms with Gasteiger partial charge in [-0.1, -0.05) is 17.7 Å². The van der Waals surface area contributed by atoms with Crippen molar-refractivity contribution in [1.82, 2.24) is 4.40 Å². The number of aromatic nitrogens is 1. The van der Waals surface area contributed by atoms with E-state index in [-0.39, 0.29) is 0 Å². The number of halogens is 1. The Labute approximate surface area is 86.5 Å². The lowest BCUT2D eigenvalue weighted by atomic mass is 10.2. The van der Waals surface area contributed by atoms with E-state index in [1.807, 2.05) is 30.3 Å². The Balaban J connectivity index is 2.57. The van der Waals surface area contributed by atoms with Crippen molar-refractivity contribution in [3.63, 3.8) is 0 Å². The van der Waals surface area contributed by atoms with Gasteiger partial charge in [0.05, 0.1) is 5.52 Å². The van der Waals surface area contributed by atoms with Gasteiger partial charge in [0, 0.05) is 22.1 Å². The second-order valence-electron chi connectivity index (χ2n) is 3.34. The Morgan fingerprint density at radius 1 is 1.00 bits per heavy atom. The molecule has 14 heavy (non-hydrogen) atoms. The van der Waals surface area contributed by atoms with E-state index in [1.165, 1.54) is 16.4 Å². The summed E-state index contributed by atoms with van der Waals surface area (Å²) in [6.07, 6.45) is 2.06. The van der Waals surface area contributed by atoms with Crippen LogP contribution < -0.4 is 0 Å². The topological polar surface area (TPSA) is 4.41 Å². The molecule has 2 heterocycles. The summed E-state index contributed by atoms with van der Waals surface area (Å²) in [6.45, 7) is 0. The number of hydrogen-bond donors (Lipinski definition) is 0. The van der Waals surface area contributed by atoms with Gasteiger partial charge in [-0.3, -0.25) is 0 Å². The van der Waals surface area contributed by atoms with Gasteiger partial charge in [0.1, 0.15) is 0 Å². The van der Waals surface area contributed by atoms with Crippen molar-refractivity contribution in [1.29, 1.82) is 0 Å². The molecule has 2 aromatic heterocycles. The highest BCUT2D eigenvalue weighted by Crippen LogP contribution is 2.23. The van der Waals surface area contributed by atoms with Gasteiger partial charge in [-0.05, 0) is 36.4 Å². The second-order valence-corrected chi connectivity index (χ2v) is 3.78. The number of hydrogen-bond acceptors (Lipinski definition) is 0. The molecule has 0 atom stereocenters. The van der Waals surface area contributed by atoms with Crippen LogP contribution in [0.1, 0.15) is 0 Å². The lowest BCUT2D eigenvalue weighted by Crippen LogP contribution is -1.80. The molecule has 0 N–H and O–H groups in total. The highest BCUT2D eigenvalue weighted by molar-refractivity contribution is 6.31. The van der Waals surface area contributed by atoms with Crippen LogP contribution in [0.25, 0.3) is 16.4 Å². The molecular weight excluding hydrogens is 194 g/mol. The highest BCUT2D eigenvalue weighted by Gasteiger charge is 2.01. The number of benzene rings is 1. The maximum absolute atomic E-state index is 5.94. The van der Waals surface area contributed by atoms with Crippen LogP contribution in [0.2, 0.25) is 5.02 Å². The van der Waals surface area contributed by atoms with E-state index in [2.05, 4.69) is 22.7 Å². The zero-order chi connectivity index (χ0) is 9.54. The minimum atomic E-state index is 0.786. The molecule has 0 amide bonds. The maximum Gasteiger partial charge on any atom is 0.0529 e. The summed E-state index contributed by atoms with van der Waals surface area (Å²) in [5.74, 6) is 0. The molecule has 3 aromatic rings. The SMILES string of the molecule is Clc1ccc2c(c1)cc1ccccn12. The third-order valence-electron chi connectivity index (χ3n) is 2.44. The molecule has 1 nitrogen and oxygen atoms in total. The minimum Gasteiger partial charge on any atom is -0.317 e. The van der Waals surface area contributed by atoms with Gasteiger partial charge in [-0.15, -0.1) is 0 Å². The van der Waals surface area contributed by atoms with E-state index in [9.17, 15) is 0 Å².